The highest BCUT2D eigenvalue weighted by Crippen LogP contribution is 2.29. The molecular weight excluding hydrogens is 447 g/mol. The number of hydrogen-bond donors (Lipinski definition) is 3. The molecule has 1 fully saturated rings. The van der Waals surface area contributed by atoms with Crippen LogP contribution in [0.4, 0.5) is 36.1 Å². The van der Waals surface area contributed by atoms with Crippen LogP contribution in [0.3, 0.4) is 0 Å². The van der Waals surface area contributed by atoms with Crippen molar-refractivity contribution < 1.29 is 22.7 Å². The molecule has 4 N–H and O–H groups in total. The number of halogens is 3. The molecule has 0 bridgehead atoms. The average molecular weight is 471 g/mol. The van der Waals surface area contributed by atoms with Crippen molar-refractivity contribution in [3.05, 3.63) is 77.5 Å². The van der Waals surface area contributed by atoms with Gasteiger partial charge in [0.2, 0.25) is 0 Å². The number of rotatable bonds is 7. The molecule has 3 aromatic rings. The van der Waals surface area contributed by atoms with Gasteiger partial charge in [-0.15, -0.1) is 0 Å². The lowest BCUT2D eigenvalue weighted by Gasteiger charge is -2.28. The van der Waals surface area contributed by atoms with Crippen LogP contribution in [-0.2, 0) is 17.5 Å². The molecule has 0 spiro atoms. The van der Waals surface area contributed by atoms with Crippen LogP contribution in [0.5, 0.6) is 0 Å². The number of carbonyl (C=O) groups excluding carboxylic acids is 1. The highest BCUT2D eigenvalue weighted by atomic mass is 19.4. The Morgan fingerprint density at radius 3 is 2.35 bits per heavy atom. The number of amides is 1. The van der Waals surface area contributed by atoms with Crippen LogP contribution in [-0.4, -0.2) is 37.2 Å². The molecule has 2 aromatic carbocycles. The van der Waals surface area contributed by atoms with Crippen LogP contribution in [0.15, 0.2) is 60.8 Å². The third kappa shape index (κ3) is 5.76. The van der Waals surface area contributed by atoms with E-state index in [9.17, 15) is 18.0 Å². The molecule has 0 atom stereocenters. The van der Waals surface area contributed by atoms with E-state index >= 15 is 0 Å². The van der Waals surface area contributed by atoms with Gasteiger partial charge < -0.3 is 26.0 Å². The summed E-state index contributed by atoms with van der Waals surface area (Å²) in [6.07, 6.45) is -3.03. The van der Waals surface area contributed by atoms with E-state index in [-0.39, 0.29) is 12.1 Å². The molecule has 1 aliphatic rings. The number of morpholine rings is 1. The average Bonchev–Trinajstić information content (AvgIpc) is 2.83. The fraction of sp³-hybridized carbons (Fsp3) is 0.250. The summed E-state index contributed by atoms with van der Waals surface area (Å²) in [5.74, 6) is -0.178. The number of nitrogens with two attached hydrogens (primary N) is 1. The first-order chi connectivity index (χ1) is 16.3. The molecule has 1 aromatic heterocycles. The Morgan fingerprint density at radius 2 is 1.74 bits per heavy atom. The van der Waals surface area contributed by atoms with Gasteiger partial charge in [0.05, 0.1) is 30.0 Å². The van der Waals surface area contributed by atoms with E-state index in [1.165, 1.54) is 18.3 Å². The molecule has 0 radical (unpaired) electrons. The lowest BCUT2D eigenvalue weighted by molar-refractivity contribution is -0.137. The van der Waals surface area contributed by atoms with E-state index in [0.717, 1.165) is 36.6 Å². The number of nitrogens with one attached hydrogen (secondary N) is 2. The fourth-order valence-electron chi connectivity index (χ4n) is 3.60. The number of anilines is 4. The number of benzene rings is 2. The lowest BCUT2D eigenvalue weighted by Crippen LogP contribution is -2.36. The maximum Gasteiger partial charge on any atom is 0.416 e. The van der Waals surface area contributed by atoms with Gasteiger partial charge in [0.25, 0.3) is 5.91 Å². The number of alkyl halides is 3. The number of carbonyl (C=O) groups is 1. The molecule has 34 heavy (non-hydrogen) atoms. The minimum Gasteiger partial charge on any atom is -0.380 e. The molecular formula is C24H24F3N5O2. The van der Waals surface area contributed by atoms with E-state index in [1.807, 2.05) is 24.3 Å². The molecule has 0 saturated carbocycles. The van der Waals surface area contributed by atoms with E-state index < -0.39 is 17.6 Å². The molecule has 0 unspecified atom stereocenters. The van der Waals surface area contributed by atoms with Crippen LogP contribution < -0.4 is 21.3 Å². The summed E-state index contributed by atoms with van der Waals surface area (Å²) in [4.78, 5) is 18.3. The smallest absolute Gasteiger partial charge is 0.380 e. The third-order valence-corrected chi connectivity index (χ3v) is 5.45. The highest BCUT2D eigenvalue weighted by molar-refractivity contribution is 5.98. The van der Waals surface area contributed by atoms with Crippen molar-refractivity contribution in [2.24, 2.45) is 5.73 Å². The van der Waals surface area contributed by atoms with Gasteiger partial charge in [-0.25, -0.2) is 4.98 Å². The summed E-state index contributed by atoms with van der Waals surface area (Å²) in [5.41, 5.74) is 7.88. The molecule has 1 aliphatic heterocycles. The largest absolute Gasteiger partial charge is 0.416 e. The molecule has 4 rings (SSSR count). The summed E-state index contributed by atoms with van der Waals surface area (Å²) in [6, 6.07) is 14.3. The standard InChI is InChI=1S/C24H24F3N5O2/c25-24(26,27)17-3-1-16(2-4-17)14-29-21-13-22(30-15-20(21)23(28)33)31-18-5-7-19(8-6-18)32-9-11-34-12-10-32/h1-8,13,15H,9-12,14H2,(H2,28,33)(H2,29,30,31). The molecule has 10 heteroatoms. The zero-order chi connectivity index (χ0) is 24.1. The molecule has 1 saturated heterocycles. The van der Waals surface area contributed by atoms with E-state index in [1.54, 1.807) is 6.07 Å². The lowest BCUT2D eigenvalue weighted by atomic mass is 10.1. The van der Waals surface area contributed by atoms with Crippen molar-refractivity contribution in [2.75, 3.05) is 41.8 Å². The summed E-state index contributed by atoms with van der Waals surface area (Å²) in [7, 11) is 0. The number of aromatic nitrogens is 1. The summed E-state index contributed by atoms with van der Waals surface area (Å²) in [5, 5.41) is 6.26. The predicted octanol–water partition coefficient (Wildman–Crippen LogP) is 4.39. The zero-order valence-electron chi connectivity index (χ0n) is 18.2. The van der Waals surface area contributed by atoms with E-state index in [0.29, 0.717) is 30.3 Å². The number of hydrogen-bond acceptors (Lipinski definition) is 6. The Hall–Kier alpha value is -3.79. The van der Waals surface area contributed by atoms with Gasteiger partial charge in [0.15, 0.2) is 0 Å². The maximum absolute atomic E-state index is 12.8. The van der Waals surface area contributed by atoms with Crippen LogP contribution in [0.25, 0.3) is 0 Å². The molecule has 7 nitrogen and oxygen atoms in total. The van der Waals surface area contributed by atoms with Crippen molar-refractivity contribution in [2.45, 2.75) is 12.7 Å². The molecule has 178 valence electrons. The maximum atomic E-state index is 12.8. The Labute approximate surface area is 194 Å². The predicted molar refractivity (Wildman–Crippen MR) is 124 cm³/mol. The first kappa shape index (κ1) is 23.4. The van der Waals surface area contributed by atoms with Crippen LogP contribution in [0.1, 0.15) is 21.5 Å². The van der Waals surface area contributed by atoms with Crippen LogP contribution >= 0.6 is 0 Å². The Balaban J connectivity index is 1.45. The SMILES string of the molecule is NC(=O)c1cnc(Nc2ccc(N3CCOCC3)cc2)cc1NCc1ccc(C(F)(F)F)cc1. The van der Waals surface area contributed by atoms with E-state index in [4.69, 9.17) is 10.5 Å². The molecule has 2 heterocycles. The van der Waals surface area contributed by atoms with Crippen molar-refractivity contribution in [1.82, 2.24) is 4.98 Å². The van der Waals surface area contributed by atoms with Gasteiger partial charge in [0, 0.05) is 43.3 Å². The van der Waals surface area contributed by atoms with Crippen LogP contribution in [0, 0.1) is 0 Å². The Morgan fingerprint density at radius 1 is 1.06 bits per heavy atom. The zero-order valence-corrected chi connectivity index (χ0v) is 18.2. The number of primary amides is 1. The number of ether oxygens (including phenoxy) is 1. The highest BCUT2D eigenvalue weighted by Gasteiger charge is 2.29. The normalized spacial score (nSPS) is 14.0. The fourth-order valence-corrected chi connectivity index (χ4v) is 3.60. The van der Waals surface area contributed by atoms with Crippen LogP contribution in [0.2, 0.25) is 0 Å². The van der Waals surface area contributed by atoms with Crippen molar-refractivity contribution in [1.29, 1.82) is 0 Å². The second-order valence-electron chi connectivity index (χ2n) is 7.80. The van der Waals surface area contributed by atoms with Crippen molar-refractivity contribution in [3.63, 3.8) is 0 Å². The topological polar surface area (TPSA) is 92.5 Å². The summed E-state index contributed by atoms with van der Waals surface area (Å²) < 4.78 is 43.7. The quantitative estimate of drug-likeness (QED) is 0.473. The van der Waals surface area contributed by atoms with Gasteiger partial charge in [0.1, 0.15) is 5.82 Å². The first-order valence-electron chi connectivity index (χ1n) is 10.7. The van der Waals surface area contributed by atoms with Crippen molar-refractivity contribution in [3.8, 4) is 0 Å². The first-order valence-corrected chi connectivity index (χ1v) is 10.7. The monoisotopic (exact) mass is 471 g/mol. The number of pyridine rings is 1. The second kappa shape index (κ2) is 10.0. The number of nitrogens with zero attached hydrogens (tertiary/aromatic N) is 2. The van der Waals surface area contributed by atoms with Gasteiger partial charge in [-0.1, -0.05) is 12.1 Å². The van der Waals surface area contributed by atoms with Gasteiger partial charge in [-0.2, -0.15) is 13.2 Å². The summed E-state index contributed by atoms with van der Waals surface area (Å²) >= 11 is 0. The second-order valence-corrected chi connectivity index (χ2v) is 7.80. The molecule has 1 amide bonds. The minimum absolute atomic E-state index is 0.181. The van der Waals surface area contributed by atoms with Gasteiger partial charge in [-0.3, -0.25) is 4.79 Å². The Bertz CT molecular complexity index is 1130. The van der Waals surface area contributed by atoms with Gasteiger partial charge in [-0.05, 0) is 42.0 Å². The Kier molecular flexibility index (Phi) is 6.87. The van der Waals surface area contributed by atoms with Crippen molar-refractivity contribution >= 4 is 28.8 Å². The summed E-state index contributed by atoms with van der Waals surface area (Å²) in [6.45, 7) is 3.31. The molecule has 0 aliphatic carbocycles. The minimum atomic E-state index is -4.39. The van der Waals surface area contributed by atoms with E-state index in [2.05, 4.69) is 20.5 Å². The van der Waals surface area contributed by atoms with Gasteiger partial charge >= 0.3 is 6.18 Å². The third-order valence-electron chi connectivity index (χ3n) is 5.45.